The number of aryl methyl sites for hydroxylation is 1. The number of ether oxygens (including phenoxy) is 1. The normalized spacial score (nSPS) is 17.6. The third kappa shape index (κ3) is 4.56. The Morgan fingerprint density at radius 2 is 1.69 bits per heavy atom. The number of nitrogens with zero attached hydrogens (tertiary/aromatic N) is 3. The Morgan fingerprint density at radius 1 is 0.944 bits per heavy atom. The lowest BCUT2D eigenvalue weighted by Crippen LogP contribution is -2.56. The first kappa shape index (κ1) is 23.0. The molecular formula is C29H30N4O2S. The van der Waals surface area contributed by atoms with Crippen molar-refractivity contribution in [2.45, 2.75) is 31.2 Å². The SMILES string of the molecule is O=C1NCN(c2ccccc2)C12CCN(CCCc1ccc(Oc3nc4ccccc4s3)cc1)CC2. The first-order valence-corrected chi connectivity index (χ1v) is 13.5. The van der Waals surface area contributed by atoms with Gasteiger partial charge in [0.1, 0.15) is 11.3 Å². The van der Waals surface area contributed by atoms with Crippen LogP contribution < -0.4 is 15.0 Å². The number of anilines is 1. The van der Waals surface area contributed by atoms with Gasteiger partial charge in [0, 0.05) is 18.8 Å². The van der Waals surface area contributed by atoms with E-state index in [1.807, 2.05) is 48.5 Å². The Bertz CT molecular complexity index is 1300. The number of piperidine rings is 1. The lowest BCUT2D eigenvalue weighted by molar-refractivity contribution is -0.125. The second-order valence-corrected chi connectivity index (χ2v) is 10.6. The highest BCUT2D eigenvalue weighted by Crippen LogP contribution is 2.36. The van der Waals surface area contributed by atoms with E-state index in [0.29, 0.717) is 11.9 Å². The van der Waals surface area contributed by atoms with Crippen molar-refractivity contribution in [2.75, 3.05) is 31.2 Å². The molecule has 0 atom stereocenters. The minimum absolute atomic E-state index is 0.180. The topological polar surface area (TPSA) is 57.7 Å². The number of aromatic nitrogens is 1. The average Bonchev–Trinajstić information content (AvgIpc) is 3.47. The lowest BCUT2D eigenvalue weighted by Gasteiger charge is -2.43. The summed E-state index contributed by atoms with van der Waals surface area (Å²) in [7, 11) is 0. The van der Waals surface area contributed by atoms with E-state index in [1.165, 1.54) is 5.56 Å². The van der Waals surface area contributed by atoms with E-state index in [-0.39, 0.29) is 5.91 Å². The maximum atomic E-state index is 12.8. The largest absolute Gasteiger partial charge is 0.431 e. The highest BCUT2D eigenvalue weighted by Gasteiger charge is 2.50. The van der Waals surface area contributed by atoms with Crippen LogP contribution in [0.2, 0.25) is 0 Å². The molecule has 0 saturated carbocycles. The number of carbonyl (C=O) groups is 1. The zero-order valence-electron chi connectivity index (χ0n) is 20.2. The minimum Gasteiger partial charge on any atom is -0.431 e. The molecule has 0 aliphatic carbocycles. The molecule has 1 aromatic heterocycles. The molecule has 7 heteroatoms. The van der Waals surface area contributed by atoms with Gasteiger partial charge in [0.25, 0.3) is 5.19 Å². The number of rotatable bonds is 7. The summed E-state index contributed by atoms with van der Waals surface area (Å²) in [6, 6.07) is 26.7. The minimum atomic E-state index is -0.406. The molecule has 2 fully saturated rings. The Morgan fingerprint density at radius 3 is 2.47 bits per heavy atom. The van der Waals surface area contributed by atoms with E-state index < -0.39 is 5.54 Å². The number of carbonyl (C=O) groups excluding carboxylic acids is 1. The van der Waals surface area contributed by atoms with Crippen molar-refractivity contribution >= 4 is 33.1 Å². The van der Waals surface area contributed by atoms with Gasteiger partial charge in [-0.15, -0.1) is 0 Å². The standard InChI is InChI=1S/C29H30N4O2S/c34-27-29(33(21-30-27)23-8-2-1-3-9-23)16-19-32(20-17-29)18-6-7-22-12-14-24(15-13-22)35-28-31-25-10-4-5-11-26(25)36-28/h1-5,8-15H,6-7,16-21H2,(H,30,34). The molecule has 2 aliphatic heterocycles. The fraction of sp³-hybridized carbons (Fsp3) is 0.310. The Kier molecular flexibility index (Phi) is 6.34. The third-order valence-corrected chi connectivity index (χ3v) is 8.35. The molecule has 4 aromatic rings. The van der Waals surface area contributed by atoms with Gasteiger partial charge in [-0.1, -0.05) is 53.8 Å². The Hall–Kier alpha value is -3.42. The molecule has 36 heavy (non-hydrogen) atoms. The van der Waals surface area contributed by atoms with Crippen molar-refractivity contribution in [3.63, 3.8) is 0 Å². The number of benzene rings is 3. The van der Waals surface area contributed by atoms with Gasteiger partial charge in [-0.05, 0) is 74.2 Å². The summed E-state index contributed by atoms with van der Waals surface area (Å²) in [4.78, 5) is 22.2. The van der Waals surface area contributed by atoms with E-state index >= 15 is 0 Å². The molecular weight excluding hydrogens is 468 g/mol. The number of para-hydroxylation sites is 2. The van der Waals surface area contributed by atoms with Gasteiger partial charge in [0.05, 0.1) is 16.9 Å². The van der Waals surface area contributed by atoms with Crippen molar-refractivity contribution in [1.29, 1.82) is 0 Å². The van der Waals surface area contributed by atoms with Crippen LogP contribution in [0.1, 0.15) is 24.8 Å². The maximum absolute atomic E-state index is 12.8. The predicted octanol–water partition coefficient (Wildman–Crippen LogP) is 5.45. The number of thiazole rings is 1. The summed E-state index contributed by atoms with van der Waals surface area (Å²) in [5.74, 6) is 0.996. The number of nitrogens with one attached hydrogen (secondary N) is 1. The second-order valence-electron chi connectivity index (χ2n) is 9.60. The van der Waals surface area contributed by atoms with Gasteiger partial charge >= 0.3 is 0 Å². The van der Waals surface area contributed by atoms with Crippen LogP contribution in [0.3, 0.4) is 0 Å². The lowest BCUT2D eigenvalue weighted by atomic mass is 9.85. The molecule has 1 spiro atoms. The molecule has 0 bridgehead atoms. The molecule has 6 rings (SSSR count). The molecule has 6 nitrogen and oxygen atoms in total. The van der Waals surface area contributed by atoms with Crippen molar-refractivity contribution in [1.82, 2.24) is 15.2 Å². The first-order chi connectivity index (χ1) is 17.7. The van der Waals surface area contributed by atoms with Gasteiger partial charge in [-0.3, -0.25) is 4.79 Å². The molecule has 1 amide bonds. The quantitative estimate of drug-likeness (QED) is 0.367. The predicted molar refractivity (Wildman–Crippen MR) is 145 cm³/mol. The van der Waals surface area contributed by atoms with Crippen LogP contribution in [0.25, 0.3) is 10.2 Å². The maximum Gasteiger partial charge on any atom is 0.279 e. The van der Waals surface area contributed by atoms with Crippen molar-refractivity contribution in [2.24, 2.45) is 0 Å². The molecule has 2 saturated heterocycles. The smallest absolute Gasteiger partial charge is 0.279 e. The number of likely N-dealkylation sites (tertiary alicyclic amines) is 1. The van der Waals surface area contributed by atoms with E-state index in [9.17, 15) is 4.79 Å². The molecule has 0 radical (unpaired) electrons. The van der Waals surface area contributed by atoms with Crippen molar-refractivity contribution < 1.29 is 9.53 Å². The van der Waals surface area contributed by atoms with Gasteiger partial charge in [-0.2, -0.15) is 0 Å². The highest BCUT2D eigenvalue weighted by molar-refractivity contribution is 7.20. The summed E-state index contributed by atoms with van der Waals surface area (Å²) >= 11 is 1.56. The van der Waals surface area contributed by atoms with Crippen LogP contribution in [-0.2, 0) is 11.2 Å². The van der Waals surface area contributed by atoms with Crippen molar-refractivity contribution in [3.8, 4) is 10.9 Å². The molecule has 0 unspecified atom stereocenters. The fourth-order valence-electron chi connectivity index (χ4n) is 5.41. The number of hydrogen-bond acceptors (Lipinski definition) is 6. The summed E-state index contributed by atoms with van der Waals surface area (Å²) < 4.78 is 7.11. The van der Waals surface area contributed by atoms with Gasteiger partial charge in [0.15, 0.2) is 0 Å². The molecule has 184 valence electrons. The third-order valence-electron chi connectivity index (χ3n) is 7.43. The van der Waals surface area contributed by atoms with Crippen LogP contribution in [0.5, 0.6) is 10.9 Å². The van der Waals surface area contributed by atoms with Gasteiger partial charge in [-0.25, -0.2) is 4.98 Å². The highest BCUT2D eigenvalue weighted by atomic mass is 32.1. The van der Waals surface area contributed by atoms with E-state index in [1.54, 1.807) is 11.3 Å². The van der Waals surface area contributed by atoms with E-state index in [4.69, 9.17) is 4.74 Å². The van der Waals surface area contributed by atoms with Crippen LogP contribution in [0.4, 0.5) is 5.69 Å². The summed E-state index contributed by atoms with van der Waals surface area (Å²) in [6.45, 7) is 3.55. The first-order valence-electron chi connectivity index (χ1n) is 12.7. The Labute approximate surface area is 215 Å². The molecule has 1 N–H and O–H groups in total. The zero-order chi connectivity index (χ0) is 24.4. The van der Waals surface area contributed by atoms with Crippen LogP contribution >= 0.6 is 11.3 Å². The molecule has 3 heterocycles. The van der Waals surface area contributed by atoms with E-state index in [2.05, 4.69) is 50.4 Å². The monoisotopic (exact) mass is 498 g/mol. The van der Waals surface area contributed by atoms with Crippen LogP contribution in [-0.4, -0.2) is 47.6 Å². The molecule has 3 aromatic carbocycles. The van der Waals surface area contributed by atoms with Crippen LogP contribution in [0, 0.1) is 0 Å². The summed E-state index contributed by atoms with van der Waals surface area (Å²) in [6.07, 6.45) is 3.86. The number of hydrogen-bond donors (Lipinski definition) is 1. The summed E-state index contributed by atoms with van der Waals surface area (Å²) in [5, 5.41) is 3.76. The number of fused-ring (bicyclic) bond motifs is 1. The average molecular weight is 499 g/mol. The van der Waals surface area contributed by atoms with Crippen LogP contribution in [0.15, 0.2) is 78.9 Å². The van der Waals surface area contributed by atoms with Crippen molar-refractivity contribution in [3.05, 3.63) is 84.4 Å². The fourth-order valence-corrected chi connectivity index (χ4v) is 6.24. The number of amides is 1. The Balaban J connectivity index is 0.993. The second kappa shape index (κ2) is 9.91. The van der Waals surface area contributed by atoms with Gasteiger partial charge in [0.2, 0.25) is 5.91 Å². The zero-order valence-corrected chi connectivity index (χ0v) is 21.0. The van der Waals surface area contributed by atoms with E-state index in [0.717, 1.165) is 67.0 Å². The summed E-state index contributed by atoms with van der Waals surface area (Å²) in [5.41, 5.74) is 3.00. The molecule has 2 aliphatic rings. The van der Waals surface area contributed by atoms with Gasteiger partial charge < -0.3 is 19.9 Å².